The van der Waals surface area contributed by atoms with E-state index in [0.717, 1.165) is 16.5 Å². The van der Waals surface area contributed by atoms with Crippen LogP contribution >= 0.6 is 0 Å². The maximum Gasteiger partial charge on any atom is 0.422 e. The topological polar surface area (TPSA) is 71.5 Å². The lowest BCUT2D eigenvalue weighted by Crippen LogP contribution is -2.37. The van der Waals surface area contributed by atoms with E-state index in [1.54, 1.807) is 6.07 Å². The Bertz CT molecular complexity index is 843. The van der Waals surface area contributed by atoms with Crippen molar-refractivity contribution < 1.29 is 32.5 Å². The van der Waals surface area contributed by atoms with E-state index in [4.69, 9.17) is 9.47 Å². The van der Waals surface area contributed by atoms with E-state index in [9.17, 15) is 23.1 Å². The third-order valence-electron chi connectivity index (χ3n) is 4.81. The molecule has 8 heteroatoms. The molecule has 142 valence electrons. The zero-order chi connectivity index (χ0) is 19.1. The van der Waals surface area contributed by atoms with Crippen molar-refractivity contribution in [1.82, 2.24) is 4.98 Å². The minimum atomic E-state index is -4.44. The van der Waals surface area contributed by atoms with Gasteiger partial charge >= 0.3 is 12.1 Å². The van der Waals surface area contributed by atoms with Crippen LogP contribution in [0.1, 0.15) is 36.6 Å². The smallest absolute Gasteiger partial charge is 0.422 e. The highest BCUT2D eigenvalue weighted by atomic mass is 19.4. The molecule has 1 aromatic heterocycles. The van der Waals surface area contributed by atoms with Crippen LogP contribution in [-0.4, -0.2) is 35.4 Å². The fraction of sp³-hybridized carbons (Fsp3) is 0.500. The third-order valence-corrected chi connectivity index (χ3v) is 4.81. The number of rotatable bonds is 5. The number of aryl methyl sites for hydroxylation is 1. The summed E-state index contributed by atoms with van der Waals surface area (Å²) >= 11 is 0. The van der Waals surface area contributed by atoms with Gasteiger partial charge in [-0.1, -0.05) is 13.0 Å². The summed E-state index contributed by atoms with van der Waals surface area (Å²) in [5.41, 5.74) is 1.83. The number of carboxylic acid groups (broad SMARTS) is 1. The number of aromatic amines is 1. The van der Waals surface area contributed by atoms with Crippen LogP contribution in [0.5, 0.6) is 5.75 Å². The van der Waals surface area contributed by atoms with Crippen molar-refractivity contribution in [2.24, 2.45) is 0 Å². The van der Waals surface area contributed by atoms with Gasteiger partial charge in [0.15, 0.2) is 6.61 Å². The zero-order valence-electron chi connectivity index (χ0n) is 14.5. The van der Waals surface area contributed by atoms with Crippen LogP contribution in [0.25, 0.3) is 10.9 Å². The fourth-order valence-corrected chi connectivity index (χ4v) is 3.65. The first-order chi connectivity index (χ1) is 12.2. The summed E-state index contributed by atoms with van der Waals surface area (Å²) in [4.78, 5) is 14.5. The molecular weight excluding hydrogens is 351 g/mol. The third kappa shape index (κ3) is 3.25. The highest BCUT2D eigenvalue weighted by molar-refractivity contribution is 5.93. The van der Waals surface area contributed by atoms with E-state index >= 15 is 0 Å². The molecule has 0 saturated heterocycles. The number of fused-ring (bicyclic) bond motifs is 3. The predicted octanol–water partition coefficient (Wildman–Crippen LogP) is 4.07. The molecule has 1 aliphatic rings. The van der Waals surface area contributed by atoms with Crippen molar-refractivity contribution in [3.63, 3.8) is 0 Å². The van der Waals surface area contributed by atoms with Crippen molar-refractivity contribution in [2.75, 3.05) is 13.2 Å². The first kappa shape index (κ1) is 18.6. The summed E-state index contributed by atoms with van der Waals surface area (Å²) < 4.78 is 48.5. The molecule has 3 rings (SSSR count). The van der Waals surface area contributed by atoms with Gasteiger partial charge in [0.05, 0.1) is 24.2 Å². The number of carboxylic acids is 1. The maximum absolute atomic E-state index is 12.5. The molecule has 5 nitrogen and oxygen atoms in total. The minimum absolute atomic E-state index is 0.0950. The lowest BCUT2D eigenvalue weighted by molar-refractivity contribution is -0.153. The second-order valence-electron chi connectivity index (χ2n) is 6.53. The molecule has 2 heterocycles. The van der Waals surface area contributed by atoms with Gasteiger partial charge < -0.3 is 19.6 Å². The van der Waals surface area contributed by atoms with Gasteiger partial charge in [-0.05, 0) is 37.0 Å². The van der Waals surface area contributed by atoms with E-state index in [2.05, 4.69) is 4.98 Å². The summed E-state index contributed by atoms with van der Waals surface area (Å²) in [7, 11) is 0. The molecule has 1 atom stereocenters. The van der Waals surface area contributed by atoms with Crippen molar-refractivity contribution >= 4 is 16.9 Å². The number of ether oxygens (including phenoxy) is 2. The van der Waals surface area contributed by atoms with Crippen LogP contribution in [-0.2, 0) is 21.6 Å². The average Bonchev–Trinajstić information content (AvgIpc) is 2.95. The Morgan fingerprint density at radius 1 is 1.42 bits per heavy atom. The molecule has 1 unspecified atom stereocenters. The van der Waals surface area contributed by atoms with Crippen molar-refractivity contribution in [2.45, 2.75) is 44.9 Å². The highest BCUT2D eigenvalue weighted by Gasteiger charge is 2.41. The Morgan fingerprint density at radius 2 is 2.15 bits per heavy atom. The van der Waals surface area contributed by atoms with Crippen LogP contribution in [0.15, 0.2) is 12.1 Å². The zero-order valence-corrected chi connectivity index (χ0v) is 14.5. The average molecular weight is 371 g/mol. The van der Waals surface area contributed by atoms with Gasteiger partial charge in [0.1, 0.15) is 11.4 Å². The molecule has 2 aromatic rings. The van der Waals surface area contributed by atoms with Crippen LogP contribution in [0.3, 0.4) is 0 Å². The van der Waals surface area contributed by atoms with Crippen LogP contribution in [0.4, 0.5) is 13.2 Å². The van der Waals surface area contributed by atoms with Gasteiger partial charge in [-0.25, -0.2) is 0 Å². The number of H-pyrrole nitrogens is 1. The summed E-state index contributed by atoms with van der Waals surface area (Å²) in [6.45, 7) is 2.66. The quantitative estimate of drug-likeness (QED) is 0.831. The second-order valence-corrected chi connectivity index (χ2v) is 6.53. The molecule has 0 bridgehead atoms. The maximum atomic E-state index is 12.5. The Kier molecular flexibility index (Phi) is 4.64. The summed E-state index contributed by atoms with van der Waals surface area (Å²) in [6.07, 6.45) is -3.68. The molecule has 1 aromatic carbocycles. The molecule has 26 heavy (non-hydrogen) atoms. The van der Waals surface area contributed by atoms with Gasteiger partial charge in [-0.2, -0.15) is 13.2 Å². The monoisotopic (exact) mass is 371 g/mol. The summed E-state index contributed by atoms with van der Waals surface area (Å²) in [6, 6.07) is 3.21. The molecule has 1 aliphatic heterocycles. The molecular formula is C18H20F3NO4. The highest BCUT2D eigenvalue weighted by Crippen LogP contribution is 2.44. The first-order valence-corrected chi connectivity index (χ1v) is 8.37. The molecule has 0 saturated carbocycles. The van der Waals surface area contributed by atoms with Crippen LogP contribution < -0.4 is 4.74 Å². The van der Waals surface area contributed by atoms with E-state index in [1.165, 1.54) is 6.07 Å². The van der Waals surface area contributed by atoms with Crippen molar-refractivity contribution in [1.29, 1.82) is 0 Å². The fourth-order valence-electron chi connectivity index (χ4n) is 3.65. The lowest BCUT2D eigenvalue weighted by atomic mass is 9.86. The molecule has 0 radical (unpaired) electrons. The Hall–Kier alpha value is -2.22. The molecule has 0 aliphatic carbocycles. The van der Waals surface area contributed by atoms with E-state index in [1.807, 2.05) is 13.8 Å². The summed E-state index contributed by atoms with van der Waals surface area (Å²) in [5, 5.41) is 10.1. The molecule has 0 amide bonds. The molecule has 0 fully saturated rings. The number of carbonyl (C=O) groups is 1. The van der Waals surface area contributed by atoms with Crippen LogP contribution in [0.2, 0.25) is 0 Å². The van der Waals surface area contributed by atoms with E-state index in [0.29, 0.717) is 30.7 Å². The summed E-state index contributed by atoms with van der Waals surface area (Å²) in [5.74, 6) is -0.902. The Labute approximate surface area is 148 Å². The number of benzene rings is 1. The van der Waals surface area contributed by atoms with Gasteiger partial charge in [0.2, 0.25) is 0 Å². The lowest BCUT2D eigenvalue weighted by Gasteiger charge is -2.35. The van der Waals surface area contributed by atoms with Gasteiger partial charge in [-0.15, -0.1) is 0 Å². The number of aliphatic carboxylic acids is 1. The standard InChI is InChI=1S/C18H20F3NO4/c1-3-17(8-13(23)24)16-11(6-7-26-17)14-10(2)4-5-12(15(14)22-16)25-9-18(19,20)21/h4-5,22H,3,6-9H2,1-2H3,(H,23,24). The number of hydrogen-bond donors (Lipinski definition) is 2. The van der Waals surface area contributed by atoms with Crippen molar-refractivity contribution in [3.8, 4) is 5.75 Å². The number of nitrogens with one attached hydrogen (secondary N) is 1. The number of halogens is 3. The van der Waals surface area contributed by atoms with Gasteiger partial charge in [-0.3, -0.25) is 4.79 Å². The molecule has 2 N–H and O–H groups in total. The van der Waals surface area contributed by atoms with E-state index in [-0.39, 0.29) is 12.2 Å². The first-order valence-electron chi connectivity index (χ1n) is 8.37. The van der Waals surface area contributed by atoms with Crippen LogP contribution in [0, 0.1) is 6.92 Å². The van der Waals surface area contributed by atoms with Crippen molar-refractivity contribution in [3.05, 3.63) is 29.0 Å². The predicted molar refractivity (Wildman–Crippen MR) is 88.5 cm³/mol. The van der Waals surface area contributed by atoms with E-state index < -0.39 is 24.4 Å². The largest absolute Gasteiger partial charge is 0.482 e. The molecule has 0 spiro atoms. The Morgan fingerprint density at radius 3 is 2.77 bits per heavy atom. The minimum Gasteiger partial charge on any atom is -0.482 e. The number of aromatic nitrogens is 1. The van der Waals surface area contributed by atoms with Gasteiger partial charge in [0, 0.05) is 5.39 Å². The van der Waals surface area contributed by atoms with Gasteiger partial charge in [0.25, 0.3) is 0 Å². The Balaban J connectivity index is 2.15. The number of hydrogen-bond acceptors (Lipinski definition) is 3. The normalized spacial score (nSPS) is 20.2. The number of alkyl halides is 3. The SMILES string of the molecule is CCC1(CC(=O)O)OCCc2c1[nH]c1c(OCC(F)(F)F)ccc(C)c21. The second kappa shape index (κ2) is 6.50.